The summed E-state index contributed by atoms with van der Waals surface area (Å²) in [6.07, 6.45) is 0.861. The fourth-order valence-corrected chi connectivity index (χ4v) is 1.38. The first-order valence-corrected chi connectivity index (χ1v) is 4.26. The van der Waals surface area contributed by atoms with Gasteiger partial charge in [-0.15, -0.1) is 0 Å². The third-order valence-corrected chi connectivity index (χ3v) is 2.06. The Hall–Kier alpha value is -1.75. The summed E-state index contributed by atoms with van der Waals surface area (Å²) in [6.45, 7) is 2.03. The van der Waals surface area contributed by atoms with E-state index >= 15 is 0 Å². The van der Waals surface area contributed by atoms with Crippen molar-refractivity contribution in [2.45, 2.75) is 13.3 Å². The van der Waals surface area contributed by atoms with Gasteiger partial charge in [0.2, 0.25) is 0 Å². The number of hydrogen-bond donors (Lipinski definition) is 0. The highest BCUT2D eigenvalue weighted by atomic mass is 16.3. The van der Waals surface area contributed by atoms with E-state index in [1.807, 2.05) is 25.1 Å². The van der Waals surface area contributed by atoms with E-state index in [0.717, 1.165) is 17.6 Å². The molecule has 1 aromatic carbocycles. The molecule has 2 heteroatoms. The second-order valence-corrected chi connectivity index (χ2v) is 2.90. The molecule has 0 aliphatic carbocycles. The molecule has 0 saturated heterocycles. The van der Waals surface area contributed by atoms with Crippen molar-refractivity contribution in [3.8, 4) is 6.07 Å². The van der Waals surface area contributed by atoms with Gasteiger partial charge in [-0.25, -0.2) is 0 Å². The van der Waals surface area contributed by atoms with E-state index in [0.29, 0.717) is 11.1 Å². The molecule has 0 aliphatic rings. The van der Waals surface area contributed by atoms with Gasteiger partial charge in [0.25, 0.3) is 0 Å². The van der Waals surface area contributed by atoms with Gasteiger partial charge in [0.1, 0.15) is 11.8 Å². The van der Waals surface area contributed by atoms with Gasteiger partial charge in [0, 0.05) is 11.8 Å². The Balaban J connectivity index is 2.76. The van der Waals surface area contributed by atoms with E-state index < -0.39 is 0 Å². The molecule has 1 aromatic heterocycles. The number of fused-ring (bicyclic) bond motifs is 1. The van der Waals surface area contributed by atoms with Crippen LogP contribution in [0.4, 0.5) is 0 Å². The third-order valence-electron chi connectivity index (χ3n) is 2.06. The van der Waals surface area contributed by atoms with Crippen LogP contribution in [0, 0.1) is 11.3 Å². The summed E-state index contributed by atoms with van der Waals surface area (Å²) < 4.78 is 5.52. The molecule has 13 heavy (non-hydrogen) atoms. The van der Waals surface area contributed by atoms with Crippen molar-refractivity contribution in [3.63, 3.8) is 0 Å². The van der Waals surface area contributed by atoms with Crippen molar-refractivity contribution in [2.75, 3.05) is 0 Å². The average Bonchev–Trinajstić information content (AvgIpc) is 2.59. The van der Waals surface area contributed by atoms with Gasteiger partial charge in [0.15, 0.2) is 5.58 Å². The van der Waals surface area contributed by atoms with Crippen LogP contribution in [0.25, 0.3) is 11.0 Å². The molecule has 0 amide bonds. The van der Waals surface area contributed by atoms with Gasteiger partial charge < -0.3 is 4.42 Å². The normalized spacial score (nSPS) is 10.2. The first-order valence-electron chi connectivity index (χ1n) is 4.26. The molecule has 0 unspecified atom stereocenters. The van der Waals surface area contributed by atoms with Crippen LogP contribution in [0.2, 0.25) is 0 Å². The lowest BCUT2D eigenvalue weighted by molar-refractivity contribution is 0.556. The van der Waals surface area contributed by atoms with E-state index in [9.17, 15) is 0 Å². The van der Waals surface area contributed by atoms with E-state index in [1.165, 1.54) is 0 Å². The molecule has 0 bridgehead atoms. The first-order chi connectivity index (χ1) is 6.35. The zero-order valence-corrected chi connectivity index (χ0v) is 7.37. The SMILES string of the molecule is CCc1cc2cccc(C#N)c2o1. The minimum absolute atomic E-state index is 0.609. The van der Waals surface area contributed by atoms with Gasteiger partial charge in [-0.1, -0.05) is 19.1 Å². The zero-order chi connectivity index (χ0) is 9.26. The van der Waals surface area contributed by atoms with Crippen LogP contribution in [0.5, 0.6) is 0 Å². The van der Waals surface area contributed by atoms with Crippen LogP contribution in [0.3, 0.4) is 0 Å². The molecule has 0 spiro atoms. The smallest absolute Gasteiger partial charge is 0.152 e. The van der Waals surface area contributed by atoms with Gasteiger partial charge in [0.05, 0.1) is 5.56 Å². The summed E-state index contributed by atoms with van der Waals surface area (Å²) in [6, 6.07) is 9.69. The largest absolute Gasteiger partial charge is 0.460 e. The Morgan fingerprint density at radius 2 is 2.31 bits per heavy atom. The maximum atomic E-state index is 8.81. The molecular formula is C11H9NO. The van der Waals surface area contributed by atoms with Crippen LogP contribution in [-0.4, -0.2) is 0 Å². The fraction of sp³-hybridized carbons (Fsp3) is 0.182. The van der Waals surface area contributed by atoms with E-state index in [1.54, 1.807) is 6.07 Å². The van der Waals surface area contributed by atoms with Crippen LogP contribution >= 0.6 is 0 Å². The first kappa shape index (κ1) is 7.88. The molecule has 0 atom stereocenters. The Morgan fingerprint density at radius 1 is 1.46 bits per heavy atom. The number of aryl methyl sites for hydroxylation is 1. The quantitative estimate of drug-likeness (QED) is 0.661. The Labute approximate surface area is 76.4 Å². The molecule has 0 N–H and O–H groups in total. The number of nitrogens with zero attached hydrogens (tertiary/aromatic N) is 1. The molecule has 0 aliphatic heterocycles. The maximum Gasteiger partial charge on any atom is 0.152 e. The number of rotatable bonds is 1. The van der Waals surface area contributed by atoms with Crippen molar-refractivity contribution < 1.29 is 4.42 Å². The molecule has 2 aromatic rings. The summed E-state index contributed by atoms with van der Waals surface area (Å²) >= 11 is 0. The molecule has 2 nitrogen and oxygen atoms in total. The van der Waals surface area contributed by atoms with Gasteiger partial charge in [-0.05, 0) is 12.1 Å². The number of hydrogen-bond acceptors (Lipinski definition) is 2. The Bertz CT molecular complexity index is 476. The van der Waals surface area contributed by atoms with Crippen molar-refractivity contribution in [1.29, 1.82) is 5.26 Å². The highest BCUT2D eigenvalue weighted by Gasteiger charge is 2.05. The van der Waals surface area contributed by atoms with Crippen LogP contribution in [-0.2, 0) is 6.42 Å². The third kappa shape index (κ3) is 1.19. The number of para-hydroxylation sites is 1. The maximum absolute atomic E-state index is 8.81. The molecule has 0 fully saturated rings. The summed E-state index contributed by atoms with van der Waals surface area (Å²) in [5.74, 6) is 0.928. The number of nitriles is 1. The van der Waals surface area contributed by atoms with Crippen molar-refractivity contribution >= 4 is 11.0 Å². The van der Waals surface area contributed by atoms with Gasteiger partial charge >= 0.3 is 0 Å². The summed E-state index contributed by atoms with van der Waals surface area (Å²) in [7, 11) is 0. The topological polar surface area (TPSA) is 36.9 Å². The highest BCUT2D eigenvalue weighted by Crippen LogP contribution is 2.22. The second-order valence-electron chi connectivity index (χ2n) is 2.90. The highest BCUT2D eigenvalue weighted by molar-refractivity contribution is 5.83. The van der Waals surface area contributed by atoms with Crippen LogP contribution < -0.4 is 0 Å². The summed E-state index contributed by atoms with van der Waals surface area (Å²) in [5.41, 5.74) is 1.32. The van der Waals surface area contributed by atoms with Crippen LogP contribution in [0.1, 0.15) is 18.2 Å². The average molecular weight is 171 g/mol. The second kappa shape index (κ2) is 2.95. The molecular weight excluding hydrogens is 162 g/mol. The Kier molecular flexibility index (Phi) is 1.79. The lowest BCUT2D eigenvalue weighted by Crippen LogP contribution is -1.72. The molecule has 2 rings (SSSR count). The Morgan fingerprint density at radius 3 is 3.00 bits per heavy atom. The summed E-state index contributed by atoms with van der Waals surface area (Å²) in [5, 5.41) is 9.82. The molecule has 64 valence electrons. The van der Waals surface area contributed by atoms with E-state index in [-0.39, 0.29) is 0 Å². The predicted molar refractivity (Wildman–Crippen MR) is 50.3 cm³/mol. The standard InChI is InChI=1S/C11H9NO/c1-2-10-6-8-4-3-5-9(7-12)11(8)13-10/h3-6H,2H2,1H3. The molecule has 0 saturated carbocycles. The predicted octanol–water partition coefficient (Wildman–Crippen LogP) is 2.87. The van der Waals surface area contributed by atoms with Crippen LogP contribution in [0.15, 0.2) is 28.7 Å². The minimum atomic E-state index is 0.609. The van der Waals surface area contributed by atoms with Crippen molar-refractivity contribution in [2.24, 2.45) is 0 Å². The molecule has 1 heterocycles. The number of benzene rings is 1. The lowest BCUT2D eigenvalue weighted by atomic mass is 10.2. The lowest BCUT2D eigenvalue weighted by Gasteiger charge is -1.89. The van der Waals surface area contributed by atoms with Gasteiger partial charge in [-0.2, -0.15) is 5.26 Å². The number of furan rings is 1. The van der Waals surface area contributed by atoms with E-state index in [4.69, 9.17) is 9.68 Å². The molecule has 0 radical (unpaired) electrons. The monoisotopic (exact) mass is 171 g/mol. The van der Waals surface area contributed by atoms with Crippen molar-refractivity contribution in [1.82, 2.24) is 0 Å². The van der Waals surface area contributed by atoms with Crippen molar-refractivity contribution in [3.05, 3.63) is 35.6 Å². The van der Waals surface area contributed by atoms with E-state index in [2.05, 4.69) is 6.07 Å². The minimum Gasteiger partial charge on any atom is -0.460 e. The zero-order valence-electron chi connectivity index (χ0n) is 7.37. The fourth-order valence-electron chi connectivity index (χ4n) is 1.38. The van der Waals surface area contributed by atoms with Gasteiger partial charge in [-0.3, -0.25) is 0 Å². The summed E-state index contributed by atoms with van der Waals surface area (Å²) in [4.78, 5) is 0.